The molecule has 1 heterocycles. The van der Waals surface area contributed by atoms with Gasteiger partial charge in [0.25, 0.3) is 0 Å². The molecule has 0 spiro atoms. The maximum atomic E-state index is 13.9. The summed E-state index contributed by atoms with van der Waals surface area (Å²) in [5.41, 5.74) is -1.01. The molecule has 1 saturated heterocycles. The average Bonchev–Trinajstić information content (AvgIpc) is 2.43. The van der Waals surface area contributed by atoms with Crippen LogP contribution in [0.25, 0.3) is 0 Å². The van der Waals surface area contributed by atoms with Crippen LogP contribution in [0.1, 0.15) is 27.7 Å². The van der Waals surface area contributed by atoms with E-state index >= 15 is 0 Å². The molecule has 0 saturated carbocycles. The summed E-state index contributed by atoms with van der Waals surface area (Å²) in [6.07, 6.45) is 0. The van der Waals surface area contributed by atoms with Crippen LogP contribution in [0.3, 0.4) is 0 Å². The molecule has 0 unspecified atom stereocenters. The van der Waals surface area contributed by atoms with E-state index in [4.69, 9.17) is 9.31 Å². The largest absolute Gasteiger partial charge is 0.499 e. The SMILES string of the molecule is CC1(C)OB(c2c(I)ccc(F)c2F)OC1(C)C. The maximum Gasteiger partial charge on any atom is 0.499 e. The van der Waals surface area contributed by atoms with E-state index < -0.39 is 30.0 Å². The van der Waals surface area contributed by atoms with Crippen LogP contribution >= 0.6 is 22.6 Å². The van der Waals surface area contributed by atoms with Crippen molar-refractivity contribution in [2.24, 2.45) is 0 Å². The van der Waals surface area contributed by atoms with Gasteiger partial charge in [0.15, 0.2) is 11.6 Å². The van der Waals surface area contributed by atoms with E-state index in [0.717, 1.165) is 6.07 Å². The lowest BCUT2D eigenvalue weighted by Gasteiger charge is -2.32. The van der Waals surface area contributed by atoms with Gasteiger partial charge in [-0.3, -0.25) is 0 Å². The van der Waals surface area contributed by atoms with E-state index in [1.54, 1.807) is 0 Å². The van der Waals surface area contributed by atoms with Gasteiger partial charge in [-0.15, -0.1) is 0 Å². The molecule has 0 aromatic heterocycles. The lowest BCUT2D eigenvalue weighted by Crippen LogP contribution is -2.41. The van der Waals surface area contributed by atoms with Crippen molar-refractivity contribution in [1.82, 2.24) is 0 Å². The highest BCUT2D eigenvalue weighted by molar-refractivity contribution is 14.1. The van der Waals surface area contributed by atoms with E-state index in [2.05, 4.69) is 0 Å². The molecule has 0 aliphatic carbocycles. The molecule has 2 nitrogen and oxygen atoms in total. The molecule has 1 aromatic rings. The third-order valence-electron chi connectivity index (χ3n) is 3.57. The summed E-state index contributed by atoms with van der Waals surface area (Å²) < 4.78 is 39.2. The Bertz CT molecular complexity index is 475. The summed E-state index contributed by atoms with van der Waals surface area (Å²) in [6, 6.07) is 2.62. The predicted molar refractivity (Wildman–Crippen MR) is 74.8 cm³/mol. The molecule has 0 radical (unpaired) electrons. The third kappa shape index (κ3) is 2.18. The van der Waals surface area contributed by atoms with Crippen molar-refractivity contribution in [2.75, 3.05) is 0 Å². The summed E-state index contributed by atoms with van der Waals surface area (Å²) in [7, 11) is -0.877. The highest BCUT2D eigenvalue weighted by atomic mass is 127. The Labute approximate surface area is 119 Å². The lowest BCUT2D eigenvalue weighted by atomic mass is 9.78. The molecule has 6 heteroatoms. The van der Waals surface area contributed by atoms with Gasteiger partial charge in [-0.1, -0.05) is 0 Å². The molecule has 0 atom stereocenters. The van der Waals surface area contributed by atoms with E-state index in [1.165, 1.54) is 6.07 Å². The van der Waals surface area contributed by atoms with Gasteiger partial charge in [0, 0.05) is 9.03 Å². The predicted octanol–water partition coefficient (Wildman–Crippen LogP) is 2.87. The average molecular weight is 366 g/mol. The van der Waals surface area contributed by atoms with Crippen LogP contribution in [-0.2, 0) is 9.31 Å². The van der Waals surface area contributed by atoms with Crippen LogP contribution in [0.2, 0.25) is 0 Å². The third-order valence-corrected chi connectivity index (χ3v) is 4.51. The molecule has 98 valence electrons. The second kappa shape index (κ2) is 4.42. The van der Waals surface area contributed by atoms with Crippen LogP contribution in [-0.4, -0.2) is 18.3 Å². The summed E-state index contributed by atoms with van der Waals surface area (Å²) in [5.74, 6) is -1.79. The van der Waals surface area contributed by atoms with Gasteiger partial charge in [-0.25, -0.2) is 8.78 Å². The Balaban J connectivity index is 2.44. The monoisotopic (exact) mass is 366 g/mol. The molecule has 0 N–H and O–H groups in total. The first-order chi connectivity index (χ1) is 8.16. The van der Waals surface area contributed by atoms with Crippen molar-refractivity contribution in [1.29, 1.82) is 0 Å². The molecule has 18 heavy (non-hydrogen) atoms. The van der Waals surface area contributed by atoms with Crippen molar-refractivity contribution >= 4 is 35.2 Å². The fourth-order valence-electron chi connectivity index (χ4n) is 1.72. The Kier molecular flexibility index (Phi) is 3.49. The van der Waals surface area contributed by atoms with Crippen molar-refractivity contribution in [3.05, 3.63) is 27.3 Å². The summed E-state index contributed by atoms with van der Waals surface area (Å²) in [6.45, 7) is 7.49. The molecule has 1 aliphatic rings. The van der Waals surface area contributed by atoms with Crippen molar-refractivity contribution in [3.63, 3.8) is 0 Å². The van der Waals surface area contributed by atoms with Gasteiger partial charge in [0.2, 0.25) is 0 Å². The van der Waals surface area contributed by atoms with E-state index in [0.29, 0.717) is 3.57 Å². The second-order valence-electron chi connectivity index (χ2n) is 5.35. The normalized spacial score (nSPS) is 21.4. The van der Waals surface area contributed by atoms with Gasteiger partial charge in [-0.2, -0.15) is 0 Å². The highest BCUT2D eigenvalue weighted by Gasteiger charge is 2.53. The summed E-state index contributed by atoms with van der Waals surface area (Å²) >= 11 is 1.95. The number of hydrogen-bond acceptors (Lipinski definition) is 2. The molecule has 2 rings (SSSR count). The Morgan fingerprint density at radius 2 is 1.56 bits per heavy atom. The van der Waals surface area contributed by atoms with Crippen LogP contribution in [0.5, 0.6) is 0 Å². The second-order valence-corrected chi connectivity index (χ2v) is 6.51. The van der Waals surface area contributed by atoms with Crippen molar-refractivity contribution < 1.29 is 18.1 Å². The van der Waals surface area contributed by atoms with E-state index in [1.807, 2.05) is 50.3 Å². The zero-order valence-electron chi connectivity index (χ0n) is 10.7. The van der Waals surface area contributed by atoms with Gasteiger partial charge >= 0.3 is 7.12 Å². The number of halogens is 3. The fourth-order valence-corrected chi connectivity index (χ4v) is 2.39. The van der Waals surface area contributed by atoms with Crippen molar-refractivity contribution in [2.45, 2.75) is 38.9 Å². The number of rotatable bonds is 1. The van der Waals surface area contributed by atoms with Gasteiger partial charge in [-0.05, 0) is 62.4 Å². The molecule has 1 aromatic carbocycles. The molecule has 1 aliphatic heterocycles. The highest BCUT2D eigenvalue weighted by Crippen LogP contribution is 2.37. The van der Waals surface area contributed by atoms with Crippen LogP contribution < -0.4 is 5.46 Å². The topological polar surface area (TPSA) is 18.5 Å². The van der Waals surface area contributed by atoms with Crippen LogP contribution in [0.15, 0.2) is 12.1 Å². The molecule has 0 amide bonds. The van der Waals surface area contributed by atoms with E-state index in [9.17, 15) is 8.78 Å². The van der Waals surface area contributed by atoms with Crippen molar-refractivity contribution in [3.8, 4) is 0 Å². The van der Waals surface area contributed by atoms with Gasteiger partial charge < -0.3 is 9.31 Å². The van der Waals surface area contributed by atoms with Crippen LogP contribution in [0, 0.1) is 15.2 Å². The smallest absolute Gasteiger partial charge is 0.399 e. The maximum absolute atomic E-state index is 13.9. The Morgan fingerprint density at radius 1 is 1.06 bits per heavy atom. The Hall–Kier alpha value is -0.205. The molecular weight excluding hydrogens is 352 g/mol. The fraction of sp³-hybridized carbons (Fsp3) is 0.500. The summed E-state index contributed by atoms with van der Waals surface area (Å²) in [5, 5.41) is 0. The minimum Gasteiger partial charge on any atom is -0.399 e. The first-order valence-corrected chi connectivity index (χ1v) is 6.72. The van der Waals surface area contributed by atoms with Gasteiger partial charge in [0.1, 0.15) is 0 Å². The Morgan fingerprint density at radius 3 is 2.06 bits per heavy atom. The van der Waals surface area contributed by atoms with Crippen LogP contribution in [0.4, 0.5) is 8.78 Å². The van der Waals surface area contributed by atoms with Gasteiger partial charge in [0.05, 0.1) is 11.2 Å². The zero-order chi connectivity index (χ0) is 13.7. The zero-order valence-corrected chi connectivity index (χ0v) is 12.8. The molecule has 0 bridgehead atoms. The first kappa shape index (κ1) is 14.2. The minimum atomic E-state index is -0.902. The number of benzene rings is 1. The summed E-state index contributed by atoms with van der Waals surface area (Å²) in [4.78, 5) is 0. The first-order valence-electron chi connectivity index (χ1n) is 5.65. The molecular formula is C12H14BF2IO2. The lowest BCUT2D eigenvalue weighted by molar-refractivity contribution is 0.00578. The minimum absolute atomic E-state index is 0.134. The van der Waals surface area contributed by atoms with E-state index in [-0.39, 0.29) is 5.46 Å². The quantitative estimate of drug-likeness (QED) is 0.433. The standard InChI is InChI=1S/C12H14BF2IO2/c1-11(2)12(3,4)18-13(17-11)9-8(16)6-5-7(14)10(9)15/h5-6H,1-4H3. The molecule has 1 fully saturated rings. The number of hydrogen-bond donors (Lipinski definition) is 0.